The molecule has 1 aromatic carbocycles. The molecule has 1 N–H and O–H groups in total. The number of alkyl halides is 3. The second-order valence-electron chi connectivity index (χ2n) is 10.2. The summed E-state index contributed by atoms with van der Waals surface area (Å²) >= 11 is 0. The highest BCUT2D eigenvalue weighted by atomic mass is 19.4. The molecule has 2 fully saturated rings. The van der Waals surface area contributed by atoms with Gasteiger partial charge in [0.25, 0.3) is 0 Å². The zero-order valence-electron chi connectivity index (χ0n) is 18.5. The molecule has 31 heavy (non-hydrogen) atoms. The molecule has 8 heteroatoms. The van der Waals surface area contributed by atoms with Crippen LogP contribution in [0.15, 0.2) is 24.3 Å². The van der Waals surface area contributed by atoms with Crippen LogP contribution in [0.3, 0.4) is 0 Å². The maximum atomic E-state index is 13.3. The summed E-state index contributed by atoms with van der Waals surface area (Å²) in [5.74, 6) is -1.02. The zero-order chi connectivity index (χ0) is 23.2. The molecule has 5 nitrogen and oxygen atoms in total. The fourth-order valence-corrected chi connectivity index (χ4v) is 5.31. The molecule has 0 unspecified atom stereocenters. The van der Waals surface area contributed by atoms with Crippen LogP contribution < -0.4 is 4.90 Å². The van der Waals surface area contributed by atoms with Crippen LogP contribution >= 0.6 is 0 Å². The molecule has 1 amide bonds. The molecule has 0 aliphatic carbocycles. The first kappa shape index (κ1) is 23.4. The molecular weight excluding hydrogens is 409 g/mol. The monoisotopic (exact) mass is 440 g/mol. The lowest BCUT2D eigenvalue weighted by Gasteiger charge is -2.43. The number of halogens is 3. The zero-order valence-corrected chi connectivity index (χ0v) is 18.5. The number of hydrogen-bond acceptors (Lipinski definition) is 3. The summed E-state index contributed by atoms with van der Waals surface area (Å²) < 4.78 is 39.8. The van der Waals surface area contributed by atoms with Gasteiger partial charge in [0.1, 0.15) is 0 Å². The highest BCUT2D eigenvalue weighted by molar-refractivity contribution is 5.79. The number of hydrogen-bond donors (Lipinski definition) is 1. The molecule has 0 bridgehead atoms. The summed E-state index contributed by atoms with van der Waals surface area (Å²) in [6.07, 6.45) is -2.16. The molecule has 2 aliphatic heterocycles. The minimum absolute atomic E-state index is 0.0706. The van der Waals surface area contributed by atoms with E-state index in [9.17, 15) is 22.8 Å². The van der Waals surface area contributed by atoms with E-state index in [1.807, 2.05) is 18.7 Å². The average molecular weight is 441 g/mol. The van der Waals surface area contributed by atoms with E-state index in [0.717, 1.165) is 18.9 Å². The molecule has 2 heterocycles. The van der Waals surface area contributed by atoms with Gasteiger partial charge in [-0.25, -0.2) is 0 Å². The molecule has 0 spiro atoms. The molecule has 172 valence electrons. The van der Waals surface area contributed by atoms with E-state index in [2.05, 4.69) is 4.90 Å². The first-order chi connectivity index (χ1) is 14.2. The van der Waals surface area contributed by atoms with Crippen molar-refractivity contribution >= 4 is 17.6 Å². The lowest BCUT2D eigenvalue weighted by molar-refractivity contribution is -0.142. The van der Waals surface area contributed by atoms with Crippen LogP contribution in [-0.4, -0.2) is 46.1 Å². The number of anilines is 1. The molecule has 3 rings (SSSR count). The van der Waals surface area contributed by atoms with Gasteiger partial charge in [-0.2, -0.15) is 13.2 Å². The summed E-state index contributed by atoms with van der Waals surface area (Å²) in [6, 6.07) is 5.23. The number of aliphatic carboxylic acids is 1. The van der Waals surface area contributed by atoms with Crippen LogP contribution in [-0.2, 0) is 15.8 Å². The molecule has 2 aliphatic rings. The van der Waals surface area contributed by atoms with Crippen LogP contribution in [0.4, 0.5) is 18.9 Å². The summed E-state index contributed by atoms with van der Waals surface area (Å²) in [4.78, 5) is 28.2. The largest absolute Gasteiger partial charge is 0.481 e. The predicted octanol–water partition coefficient (Wildman–Crippen LogP) is 4.94. The van der Waals surface area contributed by atoms with Crippen LogP contribution in [0.2, 0.25) is 0 Å². The average Bonchev–Trinajstić information content (AvgIpc) is 2.88. The summed E-state index contributed by atoms with van der Waals surface area (Å²) in [5.41, 5.74) is -1.24. The topological polar surface area (TPSA) is 60.9 Å². The summed E-state index contributed by atoms with van der Waals surface area (Å²) in [6.45, 7) is 8.14. The van der Waals surface area contributed by atoms with E-state index >= 15 is 0 Å². The van der Waals surface area contributed by atoms with Crippen molar-refractivity contribution in [2.75, 3.05) is 11.4 Å². The highest BCUT2D eigenvalue weighted by Crippen LogP contribution is 2.45. The second-order valence-corrected chi connectivity index (χ2v) is 10.2. The van der Waals surface area contributed by atoms with Crippen LogP contribution in [0.5, 0.6) is 0 Å². The molecule has 1 aromatic rings. The Morgan fingerprint density at radius 2 is 1.84 bits per heavy atom. The van der Waals surface area contributed by atoms with E-state index < -0.39 is 28.7 Å². The van der Waals surface area contributed by atoms with Gasteiger partial charge >= 0.3 is 12.1 Å². The number of carboxylic acid groups (broad SMARTS) is 1. The summed E-state index contributed by atoms with van der Waals surface area (Å²) in [7, 11) is 0. The van der Waals surface area contributed by atoms with Crippen molar-refractivity contribution in [1.29, 1.82) is 0 Å². The van der Waals surface area contributed by atoms with Crippen molar-refractivity contribution in [1.82, 2.24) is 4.90 Å². The Balaban J connectivity index is 1.87. The van der Waals surface area contributed by atoms with Crippen molar-refractivity contribution < 1.29 is 27.9 Å². The number of rotatable bonds is 5. The standard InChI is InChI=1S/C23H31F3N2O3/c1-21(2,14-20(30)31)13-19(29)27-10-6-9-17-18(27)12-22(3,4)28(17)16-8-5-7-15(11-16)23(24,25)26/h5,7-8,11,17-18H,6,9-10,12-14H2,1-4H3,(H,30,31)/t17-,18-/m0/s1. The number of piperidine rings is 1. The lowest BCUT2D eigenvalue weighted by Crippen LogP contribution is -2.53. The quantitative estimate of drug-likeness (QED) is 0.704. The maximum Gasteiger partial charge on any atom is 0.416 e. The van der Waals surface area contributed by atoms with Gasteiger partial charge in [-0.15, -0.1) is 0 Å². The van der Waals surface area contributed by atoms with Crippen molar-refractivity contribution in [3.8, 4) is 0 Å². The van der Waals surface area contributed by atoms with Crippen molar-refractivity contribution in [3.63, 3.8) is 0 Å². The minimum Gasteiger partial charge on any atom is -0.481 e. The normalized spacial score (nSPS) is 23.6. The first-order valence-corrected chi connectivity index (χ1v) is 10.7. The highest BCUT2D eigenvalue weighted by Gasteiger charge is 2.51. The first-order valence-electron chi connectivity index (χ1n) is 10.7. The lowest BCUT2D eigenvalue weighted by atomic mass is 9.84. The van der Waals surface area contributed by atoms with Crippen LogP contribution in [0, 0.1) is 5.41 Å². The van der Waals surface area contributed by atoms with Gasteiger partial charge in [-0.1, -0.05) is 19.9 Å². The number of nitrogens with zero attached hydrogens (tertiary/aromatic N) is 2. The van der Waals surface area contributed by atoms with E-state index in [-0.39, 0.29) is 30.8 Å². The number of likely N-dealkylation sites (tertiary alicyclic amines) is 1. The second kappa shape index (κ2) is 8.02. The molecule has 0 radical (unpaired) electrons. The number of carbonyl (C=O) groups is 2. The van der Waals surface area contributed by atoms with Gasteiger partial charge in [0.2, 0.25) is 5.91 Å². The Kier molecular flexibility index (Phi) is 6.06. The van der Waals surface area contributed by atoms with E-state index in [4.69, 9.17) is 5.11 Å². The molecule has 2 saturated heterocycles. The van der Waals surface area contributed by atoms with Gasteiger partial charge in [0, 0.05) is 24.2 Å². The molecule has 0 saturated carbocycles. The molecule has 2 atom stereocenters. The number of fused-ring (bicyclic) bond motifs is 1. The Morgan fingerprint density at radius 1 is 1.16 bits per heavy atom. The minimum atomic E-state index is -4.41. The smallest absolute Gasteiger partial charge is 0.416 e. The fourth-order valence-electron chi connectivity index (χ4n) is 5.31. The van der Waals surface area contributed by atoms with Gasteiger partial charge in [0.05, 0.1) is 24.1 Å². The Hall–Kier alpha value is -2.25. The van der Waals surface area contributed by atoms with Crippen LogP contribution in [0.1, 0.15) is 65.4 Å². The molecular formula is C23H31F3N2O3. The Bertz CT molecular complexity index is 851. The number of carboxylic acids is 1. The van der Waals surface area contributed by atoms with Gasteiger partial charge in [-0.05, 0) is 56.7 Å². The third kappa shape index (κ3) is 4.99. The van der Waals surface area contributed by atoms with Crippen molar-refractivity contribution in [3.05, 3.63) is 29.8 Å². The Morgan fingerprint density at radius 3 is 2.45 bits per heavy atom. The fraction of sp³-hybridized carbons (Fsp3) is 0.652. The van der Waals surface area contributed by atoms with Crippen molar-refractivity contribution in [2.45, 2.75) is 83.6 Å². The summed E-state index contributed by atoms with van der Waals surface area (Å²) in [5, 5.41) is 9.12. The number of benzene rings is 1. The predicted molar refractivity (Wildman–Crippen MR) is 112 cm³/mol. The van der Waals surface area contributed by atoms with Gasteiger partial charge in [0.15, 0.2) is 0 Å². The third-order valence-electron chi connectivity index (χ3n) is 6.47. The van der Waals surface area contributed by atoms with Gasteiger partial charge < -0.3 is 14.9 Å². The van der Waals surface area contributed by atoms with Crippen molar-refractivity contribution in [2.24, 2.45) is 5.41 Å². The SMILES string of the molecule is CC(C)(CC(=O)O)CC(=O)N1CCC[C@H]2[C@@H]1CC(C)(C)N2c1cccc(C(F)(F)F)c1. The number of amides is 1. The van der Waals surface area contributed by atoms with E-state index in [1.54, 1.807) is 19.9 Å². The third-order valence-corrected chi connectivity index (χ3v) is 6.47. The van der Waals surface area contributed by atoms with E-state index in [0.29, 0.717) is 18.7 Å². The maximum absolute atomic E-state index is 13.3. The van der Waals surface area contributed by atoms with Crippen LogP contribution in [0.25, 0.3) is 0 Å². The van der Waals surface area contributed by atoms with Gasteiger partial charge in [-0.3, -0.25) is 9.59 Å². The van der Waals surface area contributed by atoms with E-state index in [1.165, 1.54) is 12.1 Å². The molecule has 0 aromatic heterocycles. The Labute approximate surface area is 181 Å². The number of carbonyl (C=O) groups excluding carboxylic acids is 1.